The zero-order chi connectivity index (χ0) is 27.4. The van der Waals surface area contributed by atoms with Crippen molar-refractivity contribution in [2.24, 2.45) is 0 Å². The Labute approximate surface area is 232 Å². The van der Waals surface area contributed by atoms with Crippen LogP contribution in [-0.4, -0.2) is 14.9 Å². The van der Waals surface area contributed by atoms with E-state index in [1.54, 1.807) is 36.4 Å². The molecular formula is C28H17Cl2N5O4. The average molecular weight is 558 g/mol. The van der Waals surface area contributed by atoms with Crippen molar-refractivity contribution in [3.8, 4) is 23.3 Å². The zero-order valence-corrected chi connectivity index (χ0v) is 21.5. The topological polar surface area (TPSA) is 123 Å². The van der Waals surface area contributed by atoms with Crippen LogP contribution in [0.4, 0.5) is 17.1 Å². The first-order valence-corrected chi connectivity index (χ1v) is 12.2. The fraction of sp³-hybridized carbons (Fsp3) is 0.0357. The number of nitrogens with zero attached hydrogens (tertiary/aromatic N) is 4. The summed E-state index contributed by atoms with van der Waals surface area (Å²) in [5, 5.41) is 26.1. The number of nitrogens with one attached hydrogen (secondary N) is 1. The van der Waals surface area contributed by atoms with Crippen LogP contribution in [0.25, 0.3) is 10.9 Å². The fourth-order valence-electron chi connectivity index (χ4n) is 3.80. The highest BCUT2D eigenvalue weighted by Gasteiger charge is 2.21. The molecule has 1 N–H and O–H groups in total. The molecule has 0 bridgehead atoms. The second kappa shape index (κ2) is 11.2. The number of nitro benzene ring substituents is 1. The Morgan fingerprint density at radius 1 is 1.00 bits per heavy atom. The molecule has 0 saturated heterocycles. The molecule has 0 amide bonds. The molecule has 0 fully saturated rings. The number of pyridine rings is 2. The van der Waals surface area contributed by atoms with Crippen LogP contribution >= 0.6 is 23.2 Å². The first-order chi connectivity index (χ1) is 18.9. The Morgan fingerprint density at radius 3 is 2.51 bits per heavy atom. The van der Waals surface area contributed by atoms with Gasteiger partial charge in [0.15, 0.2) is 0 Å². The normalized spacial score (nSPS) is 10.6. The van der Waals surface area contributed by atoms with Gasteiger partial charge in [0.25, 0.3) is 0 Å². The number of aromatic nitrogens is 2. The number of nitriles is 1. The molecule has 2 heterocycles. The van der Waals surface area contributed by atoms with E-state index in [0.717, 1.165) is 5.56 Å². The number of hydrogen-bond acceptors (Lipinski definition) is 8. The second-order valence-electron chi connectivity index (χ2n) is 8.19. The summed E-state index contributed by atoms with van der Waals surface area (Å²) < 4.78 is 11.6. The van der Waals surface area contributed by atoms with Gasteiger partial charge >= 0.3 is 5.69 Å². The quantitative estimate of drug-likeness (QED) is 0.151. The monoisotopic (exact) mass is 557 g/mol. The van der Waals surface area contributed by atoms with E-state index < -0.39 is 4.92 Å². The molecule has 0 aliphatic carbocycles. The number of nitro groups is 1. The zero-order valence-electron chi connectivity index (χ0n) is 20.0. The third-order valence-corrected chi connectivity index (χ3v) is 6.35. The maximum atomic E-state index is 11.9. The van der Waals surface area contributed by atoms with Crippen LogP contribution in [0.15, 0.2) is 85.3 Å². The van der Waals surface area contributed by atoms with Gasteiger partial charge in [0.05, 0.1) is 26.7 Å². The van der Waals surface area contributed by atoms with Gasteiger partial charge in [-0.25, -0.2) is 0 Å². The van der Waals surface area contributed by atoms with Gasteiger partial charge in [0.1, 0.15) is 24.2 Å². The highest BCUT2D eigenvalue weighted by Crippen LogP contribution is 2.39. The second-order valence-corrected chi connectivity index (χ2v) is 9.00. The molecule has 192 valence electrons. The lowest BCUT2D eigenvalue weighted by molar-refractivity contribution is -0.385. The largest absolute Gasteiger partial charge is 0.487 e. The maximum absolute atomic E-state index is 11.9. The molecule has 11 heteroatoms. The third kappa shape index (κ3) is 5.67. The van der Waals surface area contributed by atoms with Crippen LogP contribution in [0, 0.1) is 21.4 Å². The molecule has 0 aliphatic heterocycles. The molecule has 0 aliphatic rings. The molecule has 2 aromatic heterocycles. The summed E-state index contributed by atoms with van der Waals surface area (Å²) in [5.41, 5.74) is 1.97. The van der Waals surface area contributed by atoms with Crippen molar-refractivity contribution in [2.45, 2.75) is 6.61 Å². The summed E-state index contributed by atoms with van der Waals surface area (Å²) in [6.07, 6.45) is 4.41. The van der Waals surface area contributed by atoms with Crippen LogP contribution in [0.5, 0.6) is 17.2 Å². The number of fused-ring (bicyclic) bond motifs is 1. The van der Waals surface area contributed by atoms with E-state index >= 15 is 0 Å². The van der Waals surface area contributed by atoms with Gasteiger partial charge in [-0.1, -0.05) is 41.4 Å². The predicted octanol–water partition coefficient (Wildman–Crippen LogP) is 7.83. The average Bonchev–Trinajstić information content (AvgIpc) is 2.93. The molecule has 0 saturated carbocycles. The summed E-state index contributed by atoms with van der Waals surface area (Å²) in [6.45, 7) is 0.229. The lowest BCUT2D eigenvalue weighted by Crippen LogP contribution is -2.00. The lowest BCUT2D eigenvalue weighted by Gasteiger charge is -2.14. The Kier molecular flexibility index (Phi) is 7.41. The number of anilines is 2. The van der Waals surface area contributed by atoms with Gasteiger partial charge < -0.3 is 14.8 Å². The summed E-state index contributed by atoms with van der Waals surface area (Å²) in [5.74, 6) is 0.826. The number of hydrogen-bond donors (Lipinski definition) is 1. The van der Waals surface area contributed by atoms with Gasteiger partial charge in [-0.3, -0.25) is 20.1 Å². The Hall–Kier alpha value is -4.91. The van der Waals surface area contributed by atoms with Crippen LogP contribution in [0.1, 0.15) is 11.1 Å². The summed E-state index contributed by atoms with van der Waals surface area (Å²) in [7, 11) is 0. The molecular weight excluding hydrogens is 541 g/mol. The van der Waals surface area contributed by atoms with Crippen molar-refractivity contribution in [1.29, 1.82) is 5.26 Å². The van der Waals surface area contributed by atoms with Crippen LogP contribution in [-0.2, 0) is 6.61 Å². The summed E-state index contributed by atoms with van der Waals surface area (Å²) >= 11 is 12.7. The summed E-state index contributed by atoms with van der Waals surface area (Å²) in [4.78, 5) is 19.6. The lowest BCUT2D eigenvalue weighted by atomic mass is 10.1. The van der Waals surface area contributed by atoms with E-state index in [2.05, 4.69) is 21.4 Å². The van der Waals surface area contributed by atoms with Crippen molar-refractivity contribution < 1.29 is 14.4 Å². The SMILES string of the molecule is N#Cc1cnc2cc(Oc3ccncc3)c([N+](=O)[O-])cc2c1Nc1ccc(OCc2ccccc2Cl)c(Cl)c1. The van der Waals surface area contributed by atoms with Crippen LogP contribution in [0.3, 0.4) is 0 Å². The molecule has 0 radical (unpaired) electrons. The molecule has 5 aromatic rings. The molecule has 5 rings (SSSR count). The molecule has 9 nitrogen and oxygen atoms in total. The van der Waals surface area contributed by atoms with E-state index in [9.17, 15) is 15.4 Å². The van der Waals surface area contributed by atoms with E-state index in [1.165, 1.54) is 30.7 Å². The standard InChI is InChI=1S/C28H17Cl2N5O4/c29-22-4-2-1-3-17(22)16-38-26-6-5-19(11-23(26)30)34-28-18(14-31)15-33-24-13-27(25(35(36)37)12-21(24)28)39-20-7-9-32-10-8-20/h1-13,15H,16H2,(H,33,34). The molecule has 3 aromatic carbocycles. The number of ether oxygens (including phenoxy) is 2. The van der Waals surface area contributed by atoms with Crippen molar-refractivity contribution in [2.75, 3.05) is 5.32 Å². The van der Waals surface area contributed by atoms with Crippen LogP contribution < -0.4 is 14.8 Å². The summed E-state index contributed by atoms with van der Waals surface area (Å²) in [6, 6.07) is 20.4. The maximum Gasteiger partial charge on any atom is 0.312 e. The van der Waals surface area contributed by atoms with Gasteiger partial charge in [0.2, 0.25) is 5.75 Å². The molecule has 0 spiro atoms. The minimum Gasteiger partial charge on any atom is -0.487 e. The number of halogens is 2. The minimum atomic E-state index is -0.555. The highest BCUT2D eigenvalue weighted by atomic mass is 35.5. The molecule has 0 atom stereocenters. The first-order valence-electron chi connectivity index (χ1n) is 11.4. The molecule has 39 heavy (non-hydrogen) atoms. The Bertz CT molecular complexity index is 1740. The van der Waals surface area contributed by atoms with Crippen LogP contribution in [0.2, 0.25) is 10.0 Å². The van der Waals surface area contributed by atoms with E-state index in [0.29, 0.717) is 43.8 Å². The minimum absolute atomic E-state index is 0.00456. The van der Waals surface area contributed by atoms with Gasteiger partial charge in [-0.2, -0.15) is 5.26 Å². The number of benzene rings is 3. The van der Waals surface area contributed by atoms with Crippen molar-refractivity contribution in [3.63, 3.8) is 0 Å². The van der Waals surface area contributed by atoms with Gasteiger partial charge in [-0.15, -0.1) is 0 Å². The molecule has 0 unspecified atom stereocenters. The van der Waals surface area contributed by atoms with E-state index in [-0.39, 0.29) is 23.6 Å². The fourth-order valence-corrected chi connectivity index (χ4v) is 4.22. The Balaban J connectivity index is 1.47. The predicted molar refractivity (Wildman–Crippen MR) is 148 cm³/mol. The van der Waals surface area contributed by atoms with Gasteiger partial charge in [0, 0.05) is 52.4 Å². The smallest absolute Gasteiger partial charge is 0.312 e. The first kappa shape index (κ1) is 25.7. The number of rotatable bonds is 8. The van der Waals surface area contributed by atoms with Crippen molar-refractivity contribution in [3.05, 3.63) is 117 Å². The Morgan fingerprint density at radius 2 is 1.79 bits per heavy atom. The van der Waals surface area contributed by atoms with Gasteiger partial charge in [-0.05, 0) is 36.4 Å². The third-order valence-electron chi connectivity index (χ3n) is 5.69. The van der Waals surface area contributed by atoms with E-state index in [1.807, 2.05) is 18.2 Å². The highest BCUT2D eigenvalue weighted by molar-refractivity contribution is 6.32. The van der Waals surface area contributed by atoms with E-state index in [4.69, 9.17) is 32.7 Å². The van der Waals surface area contributed by atoms with Crippen molar-refractivity contribution in [1.82, 2.24) is 9.97 Å². The van der Waals surface area contributed by atoms with Crippen molar-refractivity contribution >= 4 is 51.2 Å².